The third kappa shape index (κ3) is 5.30. The quantitative estimate of drug-likeness (QED) is 0.724. The Hall–Kier alpha value is -1.99. The number of halogens is 1. The smallest absolute Gasteiger partial charge is 0.270 e. The van der Waals surface area contributed by atoms with Gasteiger partial charge in [-0.2, -0.15) is 0 Å². The highest BCUT2D eigenvalue weighted by molar-refractivity contribution is 9.10. The Morgan fingerprint density at radius 1 is 1.30 bits per heavy atom. The summed E-state index contributed by atoms with van der Waals surface area (Å²) in [7, 11) is 1.63. The summed E-state index contributed by atoms with van der Waals surface area (Å²) in [5, 5.41) is 5.93. The van der Waals surface area contributed by atoms with Crippen LogP contribution < -0.4 is 10.6 Å². The highest BCUT2D eigenvalue weighted by Crippen LogP contribution is 2.23. The Morgan fingerprint density at radius 3 is 2.83 bits per heavy atom. The lowest BCUT2D eigenvalue weighted by Gasteiger charge is -2.10. The average molecular weight is 379 g/mol. The lowest BCUT2D eigenvalue weighted by Crippen LogP contribution is -2.26. The number of para-hydroxylation sites is 1. The topological polar surface area (TPSA) is 76.1 Å². The van der Waals surface area contributed by atoms with E-state index in [4.69, 9.17) is 4.74 Å². The fourth-order valence-corrected chi connectivity index (χ4v) is 2.32. The maximum absolute atomic E-state index is 12.2. The van der Waals surface area contributed by atoms with Crippen LogP contribution in [0.5, 0.6) is 0 Å². The largest absolute Gasteiger partial charge is 0.385 e. The van der Waals surface area contributed by atoms with Gasteiger partial charge in [-0.25, -0.2) is 9.97 Å². The third-order valence-corrected chi connectivity index (χ3v) is 3.71. The van der Waals surface area contributed by atoms with Gasteiger partial charge >= 0.3 is 0 Å². The van der Waals surface area contributed by atoms with E-state index in [9.17, 15) is 4.79 Å². The van der Waals surface area contributed by atoms with Gasteiger partial charge in [0.2, 0.25) is 5.95 Å². The van der Waals surface area contributed by atoms with Gasteiger partial charge in [0, 0.05) is 30.4 Å². The molecule has 0 unspecified atom stereocenters. The molecule has 0 bridgehead atoms. The molecule has 0 saturated carbocycles. The molecule has 2 aromatic rings. The molecule has 1 amide bonds. The summed E-state index contributed by atoms with van der Waals surface area (Å²) in [5.41, 5.74) is 1.89. The lowest BCUT2D eigenvalue weighted by atomic mass is 10.3. The van der Waals surface area contributed by atoms with Crippen LogP contribution in [0.15, 0.2) is 34.8 Å². The number of aryl methyl sites for hydroxylation is 1. The number of rotatable bonds is 7. The van der Waals surface area contributed by atoms with E-state index in [-0.39, 0.29) is 5.91 Å². The van der Waals surface area contributed by atoms with Crippen LogP contribution in [0.1, 0.15) is 22.6 Å². The SMILES string of the molecule is COCCCNC(=O)c1cc(C)nc(Nc2ccccc2Br)n1. The summed E-state index contributed by atoms with van der Waals surface area (Å²) >= 11 is 3.46. The Bertz CT molecular complexity index is 679. The van der Waals surface area contributed by atoms with Crippen molar-refractivity contribution in [2.45, 2.75) is 13.3 Å². The number of aromatic nitrogens is 2. The second-order valence-corrected chi connectivity index (χ2v) is 5.78. The molecular formula is C16H19BrN4O2. The number of methoxy groups -OCH3 is 1. The first-order chi connectivity index (χ1) is 11.1. The van der Waals surface area contributed by atoms with Crippen molar-refractivity contribution in [1.82, 2.24) is 15.3 Å². The number of nitrogens with one attached hydrogen (secondary N) is 2. The van der Waals surface area contributed by atoms with Gasteiger partial charge in [0.25, 0.3) is 5.91 Å². The zero-order chi connectivity index (χ0) is 16.7. The summed E-state index contributed by atoms with van der Waals surface area (Å²) in [6.45, 7) is 2.98. The molecule has 0 radical (unpaired) electrons. The highest BCUT2D eigenvalue weighted by atomic mass is 79.9. The predicted octanol–water partition coefficient (Wildman–Crippen LogP) is 3.06. The van der Waals surface area contributed by atoms with E-state index in [1.165, 1.54) is 0 Å². The minimum absolute atomic E-state index is 0.221. The van der Waals surface area contributed by atoms with Crippen molar-refractivity contribution in [2.24, 2.45) is 0 Å². The molecule has 122 valence electrons. The van der Waals surface area contributed by atoms with Crippen molar-refractivity contribution in [3.63, 3.8) is 0 Å². The van der Waals surface area contributed by atoms with Crippen LogP contribution in [-0.4, -0.2) is 36.1 Å². The Morgan fingerprint density at radius 2 is 2.09 bits per heavy atom. The number of hydrogen-bond acceptors (Lipinski definition) is 5. The second kappa shape index (κ2) is 8.59. The summed E-state index contributed by atoms with van der Waals surface area (Å²) in [6, 6.07) is 9.32. The van der Waals surface area contributed by atoms with Crippen molar-refractivity contribution >= 4 is 33.5 Å². The molecule has 7 heteroatoms. The van der Waals surface area contributed by atoms with Crippen molar-refractivity contribution < 1.29 is 9.53 Å². The third-order valence-electron chi connectivity index (χ3n) is 3.02. The molecule has 0 saturated heterocycles. The standard InChI is InChI=1S/C16H19BrN4O2/c1-11-10-14(15(22)18-8-5-9-23-2)21-16(19-11)20-13-7-4-3-6-12(13)17/h3-4,6-7,10H,5,8-9H2,1-2H3,(H,18,22)(H,19,20,21). The van der Waals surface area contributed by atoms with Crippen molar-refractivity contribution in [3.8, 4) is 0 Å². The summed E-state index contributed by atoms with van der Waals surface area (Å²) in [6.07, 6.45) is 0.758. The molecule has 2 rings (SSSR count). The van der Waals surface area contributed by atoms with Crippen molar-refractivity contribution in [1.29, 1.82) is 0 Å². The first-order valence-corrected chi connectivity index (χ1v) is 8.04. The van der Waals surface area contributed by atoms with Gasteiger partial charge in [0.05, 0.1) is 5.69 Å². The monoisotopic (exact) mass is 378 g/mol. The summed E-state index contributed by atoms with van der Waals surface area (Å²) < 4.78 is 5.85. The number of anilines is 2. The molecule has 1 aromatic heterocycles. The maximum Gasteiger partial charge on any atom is 0.270 e. The molecular weight excluding hydrogens is 360 g/mol. The van der Waals surface area contributed by atoms with Crippen LogP contribution in [0.4, 0.5) is 11.6 Å². The van der Waals surface area contributed by atoms with Gasteiger partial charge in [0.1, 0.15) is 5.69 Å². The van der Waals surface area contributed by atoms with Crippen molar-refractivity contribution in [2.75, 3.05) is 25.6 Å². The van der Waals surface area contributed by atoms with Crippen LogP contribution in [0, 0.1) is 6.92 Å². The fourth-order valence-electron chi connectivity index (χ4n) is 1.93. The molecule has 0 aliphatic heterocycles. The van der Waals surface area contributed by atoms with E-state index in [0.717, 1.165) is 22.3 Å². The minimum Gasteiger partial charge on any atom is -0.385 e. The van der Waals surface area contributed by atoms with E-state index in [0.29, 0.717) is 24.8 Å². The van der Waals surface area contributed by atoms with Crippen LogP contribution in [-0.2, 0) is 4.74 Å². The molecule has 1 heterocycles. The van der Waals surface area contributed by atoms with Gasteiger partial charge in [-0.05, 0) is 47.5 Å². The molecule has 2 N–H and O–H groups in total. The zero-order valence-corrected chi connectivity index (χ0v) is 14.7. The lowest BCUT2D eigenvalue weighted by molar-refractivity contribution is 0.0943. The molecule has 0 aliphatic rings. The first-order valence-electron chi connectivity index (χ1n) is 7.24. The Kier molecular flexibility index (Phi) is 6.49. The van der Waals surface area contributed by atoms with Crippen LogP contribution in [0.3, 0.4) is 0 Å². The number of carbonyl (C=O) groups is 1. The van der Waals surface area contributed by atoms with Crippen LogP contribution >= 0.6 is 15.9 Å². The number of ether oxygens (including phenoxy) is 1. The summed E-state index contributed by atoms with van der Waals surface area (Å²) in [4.78, 5) is 20.8. The first kappa shape index (κ1) is 17.4. The van der Waals surface area contributed by atoms with Gasteiger partial charge in [-0.1, -0.05) is 12.1 Å². The number of nitrogens with zero attached hydrogens (tertiary/aromatic N) is 2. The Balaban J connectivity index is 2.09. The zero-order valence-electron chi connectivity index (χ0n) is 13.1. The number of hydrogen-bond donors (Lipinski definition) is 2. The van der Waals surface area contributed by atoms with E-state index in [1.807, 2.05) is 31.2 Å². The number of amides is 1. The minimum atomic E-state index is -0.221. The molecule has 1 aromatic carbocycles. The maximum atomic E-state index is 12.2. The van der Waals surface area contributed by atoms with Crippen molar-refractivity contribution in [3.05, 3.63) is 46.2 Å². The average Bonchev–Trinajstić information content (AvgIpc) is 2.53. The van der Waals surface area contributed by atoms with E-state index in [2.05, 4.69) is 36.5 Å². The molecule has 23 heavy (non-hydrogen) atoms. The molecule has 0 fully saturated rings. The predicted molar refractivity (Wildman–Crippen MR) is 93.0 cm³/mol. The van der Waals surface area contributed by atoms with Crippen LogP contribution in [0.25, 0.3) is 0 Å². The highest BCUT2D eigenvalue weighted by Gasteiger charge is 2.11. The van der Waals surface area contributed by atoms with Crippen LogP contribution in [0.2, 0.25) is 0 Å². The van der Waals surface area contributed by atoms with Gasteiger partial charge in [-0.3, -0.25) is 4.79 Å². The molecule has 0 spiro atoms. The van der Waals surface area contributed by atoms with E-state index < -0.39 is 0 Å². The number of carbonyl (C=O) groups excluding carboxylic acids is 1. The Labute approximate surface area is 143 Å². The van der Waals surface area contributed by atoms with E-state index >= 15 is 0 Å². The molecule has 6 nitrogen and oxygen atoms in total. The van der Waals surface area contributed by atoms with Gasteiger partial charge in [0.15, 0.2) is 0 Å². The van der Waals surface area contributed by atoms with Gasteiger partial charge in [-0.15, -0.1) is 0 Å². The fraction of sp³-hybridized carbons (Fsp3) is 0.312. The normalized spacial score (nSPS) is 10.4. The number of benzene rings is 1. The second-order valence-electron chi connectivity index (χ2n) is 4.93. The van der Waals surface area contributed by atoms with Gasteiger partial charge < -0.3 is 15.4 Å². The molecule has 0 atom stereocenters. The molecule has 0 aliphatic carbocycles. The summed E-state index contributed by atoms with van der Waals surface area (Å²) in [5.74, 6) is 0.167. The van der Waals surface area contributed by atoms with E-state index in [1.54, 1.807) is 13.2 Å².